The highest BCUT2D eigenvalue weighted by Gasteiger charge is 2.36. The summed E-state index contributed by atoms with van der Waals surface area (Å²) in [6.07, 6.45) is -5.59. The lowest BCUT2D eigenvalue weighted by Gasteiger charge is -2.15. The molecule has 7 heteroatoms. The highest BCUT2D eigenvalue weighted by Crippen LogP contribution is 2.23. The zero-order valence-corrected chi connectivity index (χ0v) is 8.49. The second kappa shape index (κ2) is 4.95. The summed E-state index contributed by atoms with van der Waals surface area (Å²) in [5, 5.41) is 0. The third kappa shape index (κ3) is 3.36. The standard InChI is InChI=1S/C10H9F6N/c11-6-3-1-5(8(12)9(6)13)2-4-7(17)10(14,15)16/h1,3,7H,2,4,17H2. The van der Waals surface area contributed by atoms with Crippen LogP contribution in [0.15, 0.2) is 12.1 Å². The molecule has 1 atom stereocenters. The van der Waals surface area contributed by atoms with Crippen molar-refractivity contribution in [1.82, 2.24) is 0 Å². The fraction of sp³-hybridized carbons (Fsp3) is 0.400. The summed E-state index contributed by atoms with van der Waals surface area (Å²) < 4.78 is 74.5. The molecule has 0 radical (unpaired) electrons. The Kier molecular flexibility index (Phi) is 4.03. The molecule has 1 aromatic rings. The smallest absolute Gasteiger partial charge is 0.320 e. The van der Waals surface area contributed by atoms with E-state index < -0.39 is 42.5 Å². The van der Waals surface area contributed by atoms with Crippen LogP contribution in [0, 0.1) is 17.5 Å². The molecule has 96 valence electrons. The molecule has 0 aromatic heterocycles. The van der Waals surface area contributed by atoms with Gasteiger partial charge in [-0.2, -0.15) is 13.2 Å². The largest absolute Gasteiger partial charge is 0.403 e. The molecule has 0 aliphatic heterocycles. The van der Waals surface area contributed by atoms with E-state index in [1.807, 2.05) is 0 Å². The average Bonchev–Trinajstić information content (AvgIpc) is 2.23. The third-order valence-electron chi connectivity index (χ3n) is 2.26. The number of aryl methyl sites for hydroxylation is 1. The number of rotatable bonds is 3. The van der Waals surface area contributed by atoms with Crippen molar-refractivity contribution in [1.29, 1.82) is 0 Å². The molecular weight excluding hydrogens is 248 g/mol. The van der Waals surface area contributed by atoms with E-state index in [1.54, 1.807) is 0 Å². The Hall–Kier alpha value is -1.24. The summed E-state index contributed by atoms with van der Waals surface area (Å²) in [6, 6.07) is -0.557. The minimum Gasteiger partial charge on any atom is -0.320 e. The molecule has 2 N–H and O–H groups in total. The molecule has 0 bridgehead atoms. The zero-order valence-electron chi connectivity index (χ0n) is 8.49. The van der Waals surface area contributed by atoms with Gasteiger partial charge in [0.2, 0.25) is 0 Å². The molecule has 0 spiro atoms. The number of hydrogen-bond donors (Lipinski definition) is 1. The van der Waals surface area contributed by atoms with Gasteiger partial charge in [-0.05, 0) is 24.5 Å². The van der Waals surface area contributed by atoms with Gasteiger partial charge in [-0.15, -0.1) is 0 Å². The van der Waals surface area contributed by atoms with Crippen LogP contribution in [-0.2, 0) is 6.42 Å². The van der Waals surface area contributed by atoms with Crippen LogP contribution in [-0.4, -0.2) is 12.2 Å². The number of halogens is 6. The highest BCUT2D eigenvalue weighted by atomic mass is 19.4. The second-order valence-corrected chi connectivity index (χ2v) is 3.52. The van der Waals surface area contributed by atoms with Gasteiger partial charge in [0, 0.05) is 0 Å². The van der Waals surface area contributed by atoms with Crippen molar-refractivity contribution in [2.24, 2.45) is 5.73 Å². The van der Waals surface area contributed by atoms with E-state index in [0.29, 0.717) is 6.07 Å². The molecule has 0 saturated heterocycles. The first kappa shape index (κ1) is 13.8. The Morgan fingerprint density at radius 3 is 2.18 bits per heavy atom. The van der Waals surface area contributed by atoms with Crippen molar-refractivity contribution in [2.45, 2.75) is 25.1 Å². The lowest BCUT2D eigenvalue weighted by molar-refractivity contribution is -0.148. The van der Waals surface area contributed by atoms with Crippen molar-refractivity contribution >= 4 is 0 Å². The third-order valence-corrected chi connectivity index (χ3v) is 2.26. The average molecular weight is 257 g/mol. The Bertz CT molecular complexity index is 401. The number of alkyl halides is 3. The van der Waals surface area contributed by atoms with Crippen LogP contribution < -0.4 is 5.73 Å². The Morgan fingerprint density at radius 2 is 1.65 bits per heavy atom. The van der Waals surface area contributed by atoms with E-state index in [0.717, 1.165) is 6.07 Å². The van der Waals surface area contributed by atoms with Crippen LogP contribution in [0.5, 0.6) is 0 Å². The van der Waals surface area contributed by atoms with Gasteiger partial charge in [0.15, 0.2) is 17.5 Å². The maximum absolute atomic E-state index is 13.1. The van der Waals surface area contributed by atoms with Crippen molar-refractivity contribution < 1.29 is 26.3 Å². The van der Waals surface area contributed by atoms with Gasteiger partial charge in [-0.3, -0.25) is 0 Å². The van der Waals surface area contributed by atoms with Crippen LogP contribution in [0.25, 0.3) is 0 Å². The maximum Gasteiger partial charge on any atom is 0.403 e. The molecule has 1 unspecified atom stereocenters. The Morgan fingerprint density at radius 1 is 1.06 bits per heavy atom. The van der Waals surface area contributed by atoms with Crippen LogP contribution in [0.1, 0.15) is 12.0 Å². The molecule has 1 nitrogen and oxygen atoms in total. The molecule has 1 rings (SSSR count). The van der Waals surface area contributed by atoms with Gasteiger partial charge in [-0.1, -0.05) is 6.07 Å². The maximum atomic E-state index is 13.1. The topological polar surface area (TPSA) is 26.0 Å². The molecule has 0 fully saturated rings. The number of hydrogen-bond acceptors (Lipinski definition) is 1. The van der Waals surface area contributed by atoms with Gasteiger partial charge in [-0.25, -0.2) is 13.2 Å². The van der Waals surface area contributed by atoms with Crippen LogP contribution in [0.2, 0.25) is 0 Å². The highest BCUT2D eigenvalue weighted by molar-refractivity contribution is 5.20. The van der Waals surface area contributed by atoms with Gasteiger partial charge < -0.3 is 5.73 Å². The molecule has 17 heavy (non-hydrogen) atoms. The summed E-state index contributed by atoms with van der Waals surface area (Å²) in [4.78, 5) is 0. The summed E-state index contributed by atoms with van der Waals surface area (Å²) in [7, 11) is 0. The van der Waals surface area contributed by atoms with Gasteiger partial charge in [0.1, 0.15) is 6.04 Å². The molecule has 0 aliphatic rings. The number of nitrogens with two attached hydrogens (primary N) is 1. The van der Waals surface area contributed by atoms with E-state index in [2.05, 4.69) is 0 Å². The van der Waals surface area contributed by atoms with Crippen molar-refractivity contribution in [3.63, 3.8) is 0 Å². The van der Waals surface area contributed by atoms with E-state index in [-0.39, 0.29) is 5.56 Å². The fourth-order valence-corrected chi connectivity index (χ4v) is 1.23. The van der Waals surface area contributed by atoms with Gasteiger partial charge in [0.05, 0.1) is 0 Å². The monoisotopic (exact) mass is 257 g/mol. The van der Waals surface area contributed by atoms with E-state index in [9.17, 15) is 26.3 Å². The predicted molar refractivity (Wildman–Crippen MR) is 48.7 cm³/mol. The fourth-order valence-electron chi connectivity index (χ4n) is 1.23. The molecule has 0 amide bonds. The predicted octanol–water partition coefficient (Wildman–Crippen LogP) is 2.93. The SMILES string of the molecule is NC(CCc1ccc(F)c(F)c1F)C(F)(F)F. The van der Waals surface area contributed by atoms with Crippen LogP contribution in [0.4, 0.5) is 26.3 Å². The van der Waals surface area contributed by atoms with Gasteiger partial charge in [0.25, 0.3) is 0 Å². The molecule has 1 aromatic carbocycles. The zero-order chi connectivity index (χ0) is 13.2. The summed E-state index contributed by atoms with van der Waals surface area (Å²) in [5.41, 5.74) is 4.47. The van der Waals surface area contributed by atoms with E-state index in [4.69, 9.17) is 5.73 Å². The molecule has 0 aliphatic carbocycles. The minimum absolute atomic E-state index is 0.330. The summed E-state index contributed by atoms with van der Waals surface area (Å²) in [6.45, 7) is 0. The second-order valence-electron chi connectivity index (χ2n) is 3.52. The Labute approximate surface area is 93.2 Å². The molecule has 0 heterocycles. The number of benzene rings is 1. The van der Waals surface area contributed by atoms with Crippen molar-refractivity contribution in [3.8, 4) is 0 Å². The first-order chi connectivity index (χ1) is 7.73. The Balaban J connectivity index is 2.74. The lowest BCUT2D eigenvalue weighted by atomic mass is 10.0. The lowest BCUT2D eigenvalue weighted by Crippen LogP contribution is -2.37. The van der Waals surface area contributed by atoms with Gasteiger partial charge >= 0.3 is 6.18 Å². The normalized spacial score (nSPS) is 13.8. The van der Waals surface area contributed by atoms with Crippen molar-refractivity contribution in [2.75, 3.05) is 0 Å². The van der Waals surface area contributed by atoms with E-state index >= 15 is 0 Å². The summed E-state index contributed by atoms with van der Waals surface area (Å²) >= 11 is 0. The molecule has 0 saturated carbocycles. The minimum atomic E-state index is -4.59. The molecular formula is C10H9F6N. The van der Waals surface area contributed by atoms with Crippen LogP contribution >= 0.6 is 0 Å². The first-order valence-electron chi connectivity index (χ1n) is 4.68. The first-order valence-corrected chi connectivity index (χ1v) is 4.68. The van der Waals surface area contributed by atoms with Crippen molar-refractivity contribution in [3.05, 3.63) is 35.1 Å². The summed E-state index contributed by atoms with van der Waals surface area (Å²) in [5.74, 6) is -4.55. The van der Waals surface area contributed by atoms with Crippen LogP contribution in [0.3, 0.4) is 0 Å². The quantitative estimate of drug-likeness (QED) is 0.654. The van der Waals surface area contributed by atoms with E-state index in [1.165, 1.54) is 0 Å².